The van der Waals surface area contributed by atoms with Gasteiger partial charge in [0.15, 0.2) is 11.1 Å². The highest BCUT2D eigenvalue weighted by atomic mass is 16.5. The Balaban J connectivity index is 1.09. The predicted octanol–water partition coefficient (Wildman–Crippen LogP) is 6.47. The van der Waals surface area contributed by atoms with E-state index in [1.54, 1.807) is 12.4 Å². The molecule has 1 fully saturated rings. The molecule has 0 bridgehead atoms. The summed E-state index contributed by atoms with van der Waals surface area (Å²) in [6.45, 7) is 8.41. The van der Waals surface area contributed by atoms with Gasteiger partial charge in [0.2, 0.25) is 0 Å². The number of anilines is 1. The molecule has 0 radical (unpaired) electrons. The zero-order chi connectivity index (χ0) is 28.7. The topological polar surface area (TPSA) is 86.8 Å². The fourth-order valence-electron chi connectivity index (χ4n) is 5.41. The monoisotopic (exact) mass is 567 g/mol. The molecular weight excluding hydrogens is 530 g/mol. The molecule has 0 aliphatic carbocycles. The first-order valence-electron chi connectivity index (χ1n) is 14.7. The van der Waals surface area contributed by atoms with Gasteiger partial charge in [-0.15, -0.1) is 0 Å². The summed E-state index contributed by atoms with van der Waals surface area (Å²) in [5, 5.41) is 3.52. The van der Waals surface area contributed by atoms with Gasteiger partial charge in [-0.2, -0.15) is 4.98 Å². The van der Waals surface area contributed by atoms with E-state index < -0.39 is 0 Å². The van der Waals surface area contributed by atoms with Gasteiger partial charge in [0.05, 0.1) is 13.2 Å². The standard InChI is InChI=1S/C33H37N5O4/c1-3-39-29-20-25(21-30(40-4-2)32(29)38-16-5-6-17-38)22-37-18-12-26(13-19-37)35-33-36-31-27(8-7-9-28(31)42-33)41-23-24-10-14-34-15-11-24/h5-11,14-17,20-21,26H,3-4,12-13,18-19,22-23H2,1-2H3,(H,35,36). The van der Waals surface area contributed by atoms with E-state index in [1.165, 1.54) is 5.56 Å². The summed E-state index contributed by atoms with van der Waals surface area (Å²) >= 11 is 0. The van der Waals surface area contributed by atoms with Crippen molar-refractivity contribution in [2.24, 2.45) is 0 Å². The zero-order valence-electron chi connectivity index (χ0n) is 24.2. The molecule has 1 saturated heterocycles. The van der Waals surface area contributed by atoms with Crippen LogP contribution in [0.2, 0.25) is 0 Å². The third-order valence-electron chi connectivity index (χ3n) is 7.41. The van der Waals surface area contributed by atoms with E-state index >= 15 is 0 Å². The molecule has 0 amide bonds. The van der Waals surface area contributed by atoms with Gasteiger partial charge >= 0.3 is 0 Å². The molecule has 9 nitrogen and oxygen atoms in total. The number of para-hydroxylation sites is 1. The third kappa shape index (κ3) is 6.36. The molecule has 1 aliphatic rings. The third-order valence-corrected chi connectivity index (χ3v) is 7.41. The average molecular weight is 568 g/mol. The maximum atomic E-state index is 6.07. The lowest BCUT2D eigenvalue weighted by atomic mass is 10.0. The van der Waals surface area contributed by atoms with Crippen molar-refractivity contribution in [2.75, 3.05) is 31.6 Å². The van der Waals surface area contributed by atoms with Gasteiger partial charge < -0.3 is 28.5 Å². The lowest BCUT2D eigenvalue weighted by Gasteiger charge is -2.32. The summed E-state index contributed by atoms with van der Waals surface area (Å²) in [6.07, 6.45) is 9.54. The highest BCUT2D eigenvalue weighted by Gasteiger charge is 2.23. The summed E-state index contributed by atoms with van der Waals surface area (Å²) < 4.78 is 26.3. The molecule has 218 valence electrons. The molecule has 0 unspecified atom stereocenters. The molecule has 0 spiro atoms. The fourth-order valence-corrected chi connectivity index (χ4v) is 5.41. The van der Waals surface area contributed by atoms with E-state index in [2.05, 4.69) is 31.9 Å². The SMILES string of the molecule is CCOc1cc(CN2CCC(Nc3nc4c(OCc5ccncc5)cccc4o3)CC2)cc(OCC)c1-n1cccc1. The Kier molecular flexibility index (Phi) is 8.56. The van der Waals surface area contributed by atoms with Crippen molar-refractivity contribution in [1.29, 1.82) is 0 Å². The van der Waals surface area contributed by atoms with E-state index in [-0.39, 0.29) is 6.04 Å². The number of pyridine rings is 1. The number of fused-ring (bicyclic) bond motifs is 1. The average Bonchev–Trinajstić information content (AvgIpc) is 3.68. The molecule has 3 aromatic heterocycles. The second kappa shape index (κ2) is 13.0. The van der Waals surface area contributed by atoms with Crippen LogP contribution in [0.25, 0.3) is 16.8 Å². The number of ether oxygens (including phenoxy) is 3. The minimum absolute atomic E-state index is 0.282. The Morgan fingerprint density at radius 3 is 2.26 bits per heavy atom. The first-order chi connectivity index (χ1) is 20.7. The van der Waals surface area contributed by atoms with Crippen molar-refractivity contribution < 1.29 is 18.6 Å². The molecule has 0 atom stereocenters. The number of rotatable bonds is 12. The van der Waals surface area contributed by atoms with Crippen LogP contribution in [0.1, 0.15) is 37.8 Å². The number of benzene rings is 2. The van der Waals surface area contributed by atoms with Gasteiger partial charge in [-0.25, -0.2) is 0 Å². The maximum Gasteiger partial charge on any atom is 0.296 e. The van der Waals surface area contributed by atoms with E-state index in [9.17, 15) is 0 Å². The van der Waals surface area contributed by atoms with Crippen LogP contribution in [-0.2, 0) is 13.2 Å². The second-order valence-electron chi connectivity index (χ2n) is 10.4. The van der Waals surface area contributed by atoms with E-state index in [0.717, 1.165) is 60.7 Å². The first kappa shape index (κ1) is 27.7. The highest BCUT2D eigenvalue weighted by molar-refractivity contribution is 5.81. The Bertz CT molecular complexity index is 1550. The highest BCUT2D eigenvalue weighted by Crippen LogP contribution is 2.36. The number of aromatic nitrogens is 3. The smallest absolute Gasteiger partial charge is 0.296 e. The lowest BCUT2D eigenvalue weighted by molar-refractivity contribution is 0.209. The molecule has 42 heavy (non-hydrogen) atoms. The summed E-state index contributed by atoms with van der Waals surface area (Å²) in [6, 6.07) is 18.8. The maximum absolute atomic E-state index is 6.07. The van der Waals surface area contributed by atoms with Crippen LogP contribution in [0, 0.1) is 0 Å². The van der Waals surface area contributed by atoms with E-state index in [4.69, 9.17) is 23.6 Å². The van der Waals surface area contributed by atoms with Crippen LogP contribution in [-0.4, -0.2) is 51.8 Å². The van der Waals surface area contributed by atoms with Gasteiger partial charge in [-0.3, -0.25) is 9.88 Å². The molecule has 0 saturated carbocycles. The van der Waals surface area contributed by atoms with Crippen molar-refractivity contribution in [3.05, 3.63) is 90.5 Å². The summed E-state index contributed by atoms with van der Waals surface area (Å²) in [7, 11) is 0. The van der Waals surface area contributed by atoms with Crippen LogP contribution in [0.4, 0.5) is 6.01 Å². The Labute approximate surface area is 246 Å². The predicted molar refractivity (Wildman–Crippen MR) is 163 cm³/mol. The quantitative estimate of drug-likeness (QED) is 0.184. The van der Waals surface area contributed by atoms with Gasteiger partial charge in [0.25, 0.3) is 6.01 Å². The second-order valence-corrected chi connectivity index (χ2v) is 10.4. The molecule has 6 rings (SSSR count). The Hall–Kier alpha value is -4.50. The van der Waals surface area contributed by atoms with E-state index in [0.29, 0.717) is 37.2 Å². The normalized spacial score (nSPS) is 14.2. The van der Waals surface area contributed by atoms with Crippen molar-refractivity contribution in [1.82, 2.24) is 19.4 Å². The van der Waals surface area contributed by atoms with Crippen molar-refractivity contribution in [2.45, 2.75) is 45.9 Å². The van der Waals surface area contributed by atoms with Crippen LogP contribution in [0.5, 0.6) is 17.2 Å². The molecule has 4 heterocycles. The number of hydrogen-bond acceptors (Lipinski definition) is 8. The van der Waals surface area contributed by atoms with Crippen molar-refractivity contribution in [3.8, 4) is 22.9 Å². The van der Waals surface area contributed by atoms with Gasteiger partial charge in [-0.1, -0.05) is 6.07 Å². The summed E-state index contributed by atoms with van der Waals surface area (Å²) in [5.41, 5.74) is 4.61. The summed E-state index contributed by atoms with van der Waals surface area (Å²) in [4.78, 5) is 11.3. The fraction of sp³-hybridized carbons (Fsp3) is 0.333. The molecule has 5 aromatic rings. The number of oxazole rings is 1. The van der Waals surface area contributed by atoms with Crippen LogP contribution in [0.3, 0.4) is 0 Å². The molecular formula is C33H37N5O4. The molecule has 9 heteroatoms. The number of nitrogens with one attached hydrogen (secondary N) is 1. The molecule has 1 N–H and O–H groups in total. The Morgan fingerprint density at radius 2 is 1.57 bits per heavy atom. The molecule has 1 aliphatic heterocycles. The van der Waals surface area contributed by atoms with Gasteiger partial charge in [0.1, 0.15) is 29.5 Å². The van der Waals surface area contributed by atoms with E-state index in [1.807, 2.05) is 68.7 Å². The van der Waals surface area contributed by atoms with Crippen LogP contribution in [0.15, 0.2) is 83.8 Å². The number of piperidine rings is 1. The van der Waals surface area contributed by atoms with Crippen molar-refractivity contribution >= 4 is 17.1 Å². The number of likely N-dealkylation sites (tertiary alicyclic amines) is 1. The Morgan fingerprint density at radius 1 is 0.857 bits per heavy atom. The lowest BCUT2D eigenvalue weighted by Crippen LogP contribution is -2.38. The van der Waals surface area contributed by atoms with Gasteiger partial charge in [0, 0.05) is 50.5 Å². The summed E-state index contributed by atoms with van der Waals surface area (Å²) in [5.74, 6) is 2.38. The molecule has 2 aromatic carbocycles. The van der Waals surface area contributed by atoms with Crippen LogP contribution >= 0.6 is 0 Å². The van der Waals surface area contributed by atoms with Crippen molar-refractivity contribution in [3.63, 3.8) is 0 Å². The number of hydrogen-bond donors (Lipinski definition) is 1. The first-order valence-corrected chi connectivity index (χ1v) is 14.7. The minimum atomic E-state index is 0.282. The number of nitrogens with zero attached hydrogens (tertiary/aromatic N) is 4. The zero-order valence-corrected chi connectivity index (χ0v) is 24.2. The van der Waals surface area contributed by atoms with Gasteiger partial charge in [-0.05, 0) is 86.3 Å². The largest absolute Gasteiger partial charge is 0.492 e. The van der Waals surface area contributed by atoms with Crippen LogP contribution < -0.4 is 19.5 Å². The minimum Gasteiger partial charge on any atom is -0.492 e.